The van der Waals surface area contributed by atoms with E-state index in [2.05, 4.69) is 6.58 Å². The predicted molar refractivity (Wildman–Crippen MR) is 50.7 cm³/mol. The van der Waals surface area contributed by atoms with Crippen molar-refractivity contribution in [3.63, 3.8) is 0 Å². The minimum atomic E-state index is -1.18. The smallest absolute Gasteiger partial charge is 0.313 e. The van der Waals surface area contributed by atoms with E-state index in [9.17, 15) is 15.0 Å². The molecule has 1 aliphatic carbocycles. The van der Waals surface area contributed by atoms with Crippen molar-refractivity contribution >= 4 is 5.97 Å². The molecule has 0 saturated heterocycles. The Morgan fingerprint density at radius 3 is 2.14 bits per heavy atom. The molecule has 2 unspecified atom stereocenters. The number of rotatable bonds is 2. The third-order valence-corrected chi connectivity index (χ3v) is 3.18. The molecule has 0 radical (unpaired) electrons. The highest BCUT2D eigenvalue weighted by atomic mass is 16.4. The molecule has 0 aromatic heterocycles. The number of aliphatic hydroxyl groups excluding tert-OH is 2. The third kappa shape index (κ3) is 1.67. The van der Waals surface area contributed by atoms with Gasteiger partial charge in [0.1, 0.15) is 0 Å². The van der Waals surface area contributed by atoms with E-state index in [1.54, 1.807) is 6.92 Å². The number of carbonyl (C=O) groups is 1. The molecule has 4 heteroatoms. The number of hydrogen-bond donors (Lipinski definition) is 3. The maximum atomic E-state index is 11.0. The summed E-state index contributed by atoms with van der Waals surface area (Å²) in [4.78, 5) is 11.0. The molecule has 0 heterocycles. The van der Waals surface area contributed by atoms with Gasteiger partial charge in [-0.3, -0.25) is 4.79 Å². The molecule has 2 atom stereocenters. The van der Waals surface area contributed by atoms with Crippen molar-refractivity contribution < 1.29 is 20.1 Å². The van der Waals surface area contributed by atoms with Crippen LogP contribution in [0.15, 0.2) is 12.7 Å². The fourth-order valence-electron chi connectivity index (χ4n) is 1.89. The average Bonchev–Trinajstić information content (AvgIpc) is 2.13. The Kier molecular flexibility index (Phi) is 2.97. The monoisotopic (exact) mass is 200 g/mol. The van der Waals surface area contributed by atoms with Gasteiger partial charge in [-0.1, -0.05) is 13.0 Å². The first-order valence-corrected chi connectivity index (χ1v) is 4.66. The van der Waals surface area contributed by atoms with Crippen molar-refractivity contribution in [1.29, 1.82) is 0 Å². The van der Waals surface area contributed by atoms with Crippen LogP contribution in [0.2, 0.25) is 0 Å². The zero-order chi connectivity index (χ0) is 10.9. The molecular formula is C10H16O4. The number of carboxylic acids is 1. The van der Waals surface area contributed by atoms with Crippen molar-refractivity contribution in [2.45, 2.75) is 32.0 Å². The maximum Gasteiger partial charge on any atom is 0.313 e. The van der Waals surface area contributed by atoms with Crippen molar-refractivity contribution in [3.8, 4) is 0 Å². The zero-order valence-corrected chi connectivity index (χ0v) is 8.18. The largest absolute Gasteiger partial charge is 0.481 e. The van der Waals surface area contributed by atoms with Crippen LogP contribution in [0.3, 0.4) is 0 Å². The number of hydrogen-bond acceptors (Lipinski definition) is 3. The topological polar surface area (TPSA) is 77.8 Å². The van der Waals surface area contributed by atoms with Gasteiger partial charge in [0.05, 0.1) is 17.6 Å². The van der Waals surface area contributed by atoms with Crippen LogP contribution in [0.25, 0.3) is 0 Å². The molecule has 1 fully saturated rings. The molecule has 0 bridgehead atoms. The Hall–Kier alpha value is -0.870. The Morgan fingerprint density at radius 2 is 1.86 bits per heavy atom. The fraction of sp³-hybridized carbons (Fsp3) is 0.700. The highest BCUT2D eigenvalue weighted by Crippen LogP contribution is 2.40. The minimum absolute atomic E-state index is 0.129. The van der Waals surface area contributed by atoms with E-state index in [1.165, 1.54) is 6.08 Å². The predicted octanol–water partition coefficient (Wildman–Crippen LogP) is 0.395. The fourth-order valence-corrected chi connectivity index (χ4v) is 1.89. The van der Waals surface area contributed by atoms with Crippen LogP contribution in [0.5, 0.6) is 0 Å². The van der Waals surface area contributed by atoms with Gasteiger partial charge in [0.15, 0.2) is 0 Å². The summed E-state index contributed by atoms with van der Waals surface area (Å²) in [5, 5.41) is 28.2. The summed E-state index contributed by atoms with van der Waals surface area (Å²) in [6.45, 7) is 5.18. The van der Waals surface area contributed by atoms with Crippen molar-refractivity contribution in [2.24, 2.45) is 11.3 Å². The number of aliphatic carboxylic acids is 1. The lowest BCUT2D eigenvalue weighted by atomic mass is 9.68. The van der Waals surface area contributed by atoms with E-state index in [0.29, 0.717) is 0 Å². The zero-order valence-electron chi connectivity index (χ0n) is 8.18. The SMILES string of the molecule is C=CC1(C(=O)O)CC(O)C(C)C(O)C1. The molecule has 14 heavy (non-hydrogen) atoms. The Labute approximate surface area is 82.9 Å². The number of aliphatic hydroxyl groups is 2. The van der Waals surface area contributed by atoms with Crippen molar-refractivity contribution in [1.82, 2.24) is 0 Å². The van der Waals surface area contributed by atoms with Gasteiger partial charge in [-0.2, -0.15) is 0 Å². The second-order valence-electron chi connectivity index (χ2n) is 4.07. The van der Waals surface area contributed by atoms with Crippen LogP contribution >= 0.6 is 0 Å². The summed E-state index contributed by atoms with van der Waals surface area (Å²) < 4.78 is 0. The standard InChI is InChI=1S/C10H16O4/c1-3-10(9(13)14)4-7(11)6(2)8(12)5-10/h3,6-8,11-12H,1,4-5H2,2H3,(H,13,14). The van der Waals surface area contributed by atoms with Crippen LogP contribution in [0.4, 0.5) is 0 Å². The summed E-state index contributed by atoms with van der Waals surface area (Å²) in [6, 6.07) is 0. The van der Waals surface area contributed by atoms with Crippen LogP contribution in [-0.2, 0) is 4.79 Å². The summed E-state index contributed by atoms with van der Waals surface area (Å²) in [5.74, 6) is -1.31. The molecule has 1 rings (SSSR count). The van der Waals surface area contributed by atoms with Crippen molar-refractivity contribution in [3.05, 3.63) is 12.7 Å². The molecule has 0 amide bonds. The molecule has 80 valence electrons. The summed E-state index contributed by atoms with van der Waals surface area (Å²) in [7, 11) is 0. The first kappa shape index (κ1) is 11.2. The number of carboxylic acid groups (broad SMARTS) is 1. The van der Waals surface area contributed by atoms with E-state index in [-0.39, 0.29) is 18.8 Å². The van der Waals surface area contributed by atoms with E-state index < -0.39 is 23.6 Å². The molecule has 0 aromatic carbocycles. The minimum Gasteiger partial charge on any atom is -0.481 e. The molecule has 0 aromatic rings. The van der Waals surface area contributed by atoms with E-state index in [0.717, 1.165) is 0 Å². The van der Waals surface area contributed by atoms with Gasteiger partial charge in [0.2, 0.25) is 0 Å². The van der Waals surface area contributed by atoms with Crippen LogP contribution in [-0.4, -0.2) is 33.5 Å². The third-order valence-electron chi connectivity index (χ3n) is 3.18. The second kappa shape index (κ2) is 3.71. The first-order valence-electron chi connectivity index (χ1n) is 4.66. The van der Waals surface area contributed by atoms with Gasteiger partial charge in [-0.05, 0) is 12.8 Å². The van der Waals surface area contributed by atoms with E-state index >= 15 is 0 Å². The second-order valence-corrected chi connectivity index (χ2v) is 4.07. The Morgan fingerprint density at radius 1 is 1.43 bits per heavy atom. The van der Waals surface area contributed by atoms with Gasteiger partial charge in [-0.15, -0.1) is 6.58 Å². The normalized spacial score (nSPS) is 43.2. The van der Waals surface area contributed by atoms with Gasteiger partial charge in [-0.25, -0.2) is 0 Å². The van der Waals surface area contributed by atoms with E-state index in [4.69, 9.17) is 5.11 Å². The van der Waals surface area contributed by atoms with Crippen LogP contribution < -0.4 is 0 Å². The maximum absolute atomic E-state index is 11.0. The van der Waals surface area contributed by atoms with Gasteiger partial charge < -0.3 is 15.3 Å². The summed E-state index contributed by atoms with van der Waals surface area (Å²) >= 11 is 0. The molecule has 1 aliphatic rings. The van der Waals surface area contributed by atoms with Gasteiger partial charge in [0, 0.05) is 5.92 Å². The molecule has 0 spiro atoms. The average molecular weight is 200 g/mol. The lowest BCUT2D eigenvalue weighted by molar-refractivity contribution is -0.156. The van der Waals surface area contributed by atoms with Crippen LogP contribution in [0.1, 0.15) is 19.8 Å². The molecule has 1 saturated carbocycles. The highest BCUT2D eigenvalue weighted by molar-refractivity contribution is 5.77. The summed E-state index contributed by atoms with van der Waals surface area (Å²) in [6.07, 6.45) is 0.00241. The Balaban J connectivity index is 2.92. The Bertz CT molecular complexity index is 237. The van der Waals surface area contributed by atoms with E-state index in [1.807, 2.05) is 0 Å². The summed E-state index contributed by atoms with van der Waals surface area (Å²) in [5.41, 5.74) is -1.18. The van der Waals surface area contributed by atoms with Crippen LogP contribution in [0, 0.1) is 11.3 Å². The van der Waals surface area contributed by atoms with Crippen molar-refractivity contribution in [2.75, 3.05) is 0 Å². The quantitative estimate of drug-likeness (QED) is 0.564. The first-order chi connectivity index (χ1) is 6.43. The molecule has 0 aliphatic heterocycles. The lowest BCUT2D eigenvalue weighted by Gasteiger charge is -2.40. The molecule has 3 N–H and O–H groups in total. The van der Waals surface area contributed by atoms with Gasteiger partial charge >= 0.3 is 5.97 Å². The highest BCUT2D eigenvalue weighted by Gasteiger charge is 2.46. The van der Waals surface area contributed by atoms with Gasteiger partial charge in [0.25, 0.3) is 0 Å². The molecular weight excluding hydrogens is 184 g/mol. The molecule has 4 nitrogen and oxygen atoms in total. The lowest BCUT2D eigenvalue weighted by Crippen LogP contribution is -2.47.